The number of hydrogen-bond donors (Lipinski definition) is 3. The molecule has 1 fully saturated rings. The Kier molecular flexibility index (Phi) is 6.49. The first kappa shape index (κ1) is 25.5. The topological polar surface area (TPSA) is 168 Å². The Morgan fingerprint density at radius 1 is 1.25 bits per heavy atom. The Morgan fingerprint density at radius 2 is 1.92 bits per heavy atom. The summed E-state index contributed by atoms with van der Waals surface area (Å²) in [6, 6.07) is 0. The third-order valence-electron chi connectivity index (χ3n) is 6.15. The number of ether oxygens (including phenoxy) is 1. The molecule has 0 spiro atoms. The molecule has 0 aromatic carbocycles. The van der Waals surface area contributed by atoms with Gasteiger partial charge in [-0.3, -0.25) is 9.59 Å². The molecule has 2 aromatic rings. The second-order valence-electron chi connectivity index (χ2n) is 9.78. The number of carbonyl (C=O) groups is 3. The van der Waals surface area contributed by atoms with E-state index in [0.29, 0.717) is 12.8 Å². The Balaban J connectivity index is 1.74. The molecule has 0 aliphatic heterocycles. The van der Waals surface area contributed by atoms with Gasteiger partial charge in [-0.2, -0.15) is 18.3 Å². The summed E-state index contributed by atoms with van der Waals surface area (Å²) < 4.78 is 47.4. The van der Waals surface area contributed by atoms with Gasteiger partial charge in [-0.1, -0.05) is 13.8 Å². The molecule has 1 amide bonds. The normalized spacial score (nSPS) is 18.6. The number of ketones is 1. The number of fused-ring (bicyclic) bond motifs is 1. The predicted molar refractivity (Wildman–Crippen MR) is 119 cm³/mol. The molecular formula is C22H26F3N7O4. The average molecular weight is 509 g/mol. The fraction of sp³-hybridized carbons (Fsp3) is 0.545. The molecule has 4 rings (SSSR count). The van der Waals surface area contributed by atoms with Crippen LogP contribution in [0.4, 0.5) is 19.0 Å². The average Bonchev–Trinajstić information content (AvgIpc) is 3.40. The van der Waals surface area contributed by atoms with E-state index in [-0.39, 0.29) is 36.3 Å². The molecule has 1 saturated carbocycles. The number of nitrogens with one attached hydrogen (secondary N) is 1. The molecule has 2 heterocycles. The van der Waals surface area contributed by atoms with Crippen molar-refractivity contribution < 1.29 is 32.3 Å². The molecule has 1 atom stereocenters. The number of amides is 1. The summed E-state index contributed by atoms with van der Waals surface area (Å²) in [5.74, 6) is -3.06. The number of Topliss-reactive ketones (excluding diaryl/α,β-unsaturated/α-hetero) is 1. The van der Waals surface area contributed by atoms with E-state index in [1.54, 1.807) is 13.8 Å². The fourth-order valence-electron chi connectivity index (χ4n) is 4.55. The number of aromatic nitrogens is 4. The summed E-state index contributed by atoms with van der Waals surface area (Å²) in [6.07, 6.45) is -2.31. The lowest BCUT2D eigenvalue weighted by atomic mass is 9.75. The molecule has 14 heteroatoms. The van der Waals surface area contributed by atoms with Crippen LogP contribution in [0.1, 0.15) is 78.2 Å². The molecule has 5 N–H and O–H groups in total. The van der Waals surface area contributed by atoms with E-state index in [9.17, 15) is 27.6 Å². The zero-order valence-corrected chi connectivity index (χ0v) is 19.7. The van der Waals surface area contributed by atoms with Crippen LogP contribution in [-0.2, 0) is 22.1 Å². The maximum Gasteiger partial charge on any atom is 0.435 e. The summed E-state index contributed by atoms with van der Waals surface area (Å²) in [5.41, 5.74) is 8.40. The highest BCUT2D eigenvalue weighted by atomic mass is 19.4. The Bertz CT molecular complexity index is 1220. The van der Waals surface area contributed by atoms with Gasteiger partial charge in [-0.15, -0.1) is 0 Å². The molecule has 2 aliphatic carbocycles. The highest BCUT2D eigenvalue weighted by molar-refractivity contribution is 6.00. The van der Waals surface area contributed by atoms with E-state index < -0.39 is 52.4 Å². The lowest BCUT2D eigenvalue weighted by molar-refractivity contribution is -0.149. The number of alkyl halides is 3. The second kappa shape index (κ2) is 9.15. The summed E-state index contributed by atoms with van der Waals surface area (Å²) in [5, 5.41) is 6.17. The molecule has 0 bridgehead atoms. The highest BCUT2D eigenvalue weighted by Crippen LogP contribution is 2.41. The fourth-order valence-corrected chi connectivity index (χ4v) is 4.55. The van der Waals surface area contributed by atoms with Crippen molar-refractivity contribution in [2.75, 3.05) is 5.32 Å². The number of nitrogens with zero attached hydrogens (tertiary/aromatic N) is 4. The van der Waals surface area contributed by atoms with Crippen molar-refractivity contribution in [1.29, 1.82) is 0 Å². The summed E-state index contributed by atoms with van der Waals surface area (Å²) in [7, 11) is 0. The van der Waals surface area contributed by atoms with Crippen LogP contribution in [0.25, 0.3) is 5.82 Å². The van der Waals surface area contributed by atoms with Crippen LogP contribution in [0.2, 0.25) is 0 Å². The predicted octanol–water partition coefficient (Wildman–Crippen LogP) is 2.12. The summed E-state index contributed by atoms with van der Waals surface area (Å²) in [4.78, 5) is 45.0. The van der Waals surface area contributed by atoms with Gasteiger partial charge in [0.2, 0.25) is 0 Å². The number of hydrogen-bond acceptors (Lipinski definition) is 9. The van der Waals surface area contributed by atoms with Gasteiger partial charge in [-0.05, 0) is 37.5 Å². The van der Waals surface area contributed by atoms with Crippen LogP contribution in [0, 0.1) is 5.41 Å². The SMILES string of the molecule is CC1(C)CC(=O)c2c(C(F)(F)F)nn(-c3cnc(C(N)=O)c(NC(N)C(=O)OC4CCCC4)n3)c2C1. The molecule has 36 heavy (non-hydrogen) atoms. The van der Waals surface area contributed by atoms with Crippen molar-refractivity contribution >= 4 is 23.5 Å². The van der Waals surface area contributed by atoms with Crippen LogP contribution >= 0.6 is 0 Å². The molecule has 194 valence electrons. The lowest BCUT2D eigenvalue weighted by Gasteiger charge is -2.29. The largest absolute Gasteiger partial charge is 0.460 e. The van der Waals surface area contributed by atoms with Crippen molar-refractivity contribution in [1.82, 2.24) is 19.7 Å². The second-order valence-corrected chi connectivity index (χ2v) is 9.78. The maximum absolute atomic E-state index is 13.7. The Labute approximate surface area is 203 Å². The Hall–Kier alpha value is -3.55. The number of halogens is 3. The van der Waals surface area contributed by atoms with Crippen molar-refractivity contribution in [3.8, 4) is 5.82 Å². The number of esters is 1. The minimum atomic E-state index is -4.89. The molecule has 2 aromatic heterocycles. The number of nitrogens with two attached hydrogens (primary N) is 2. The van der Waals surface area contributed by atoms with Crippen molar-refractivity contribution in [3.63, 3.8) is 0 Å². The van der Waals surface area contributed by atoms with Gasteiger partial charge in [0.1, 0.15) is 6.10 Å². The van der Waals surface area contributed by atoms with Crippen LogP contribution < -0.4 is 16.8 Å². The minimum Gasteiger partial charge on any atom is -0.460 e. The van der Waals surface area contributed by atoms with Gasteiger partial charge in [0.15, 0.2) is 35.0 Å². The summed E-state index contributed by atoms with van der Waals surface area (Å²) >= 11 is 0. The van der Waals surface area contributed by atoms with Crippen molar-refractivity contribution in [2.45, 2.75) is 70.8 Å². The van der Waals surface area contributed by atoms with E-state index in [2.05, 4.69) is 20.4 Å². The molecule has 1 unspecified atom stereocenters. The van der Waals surface area contributed by atoms with Crippen molar-refractivity contribution in [3.05, 3.63) is 28.8 Å². The standard InChI is InChI=1S/C22H26F3N7O4/c1-21(2)7-11-14(12(33)8-21)16(22(23,24)25)31-32(11)13-9-28-15(18(27)34)19(29-13)30-17(26)20(35)36-10-5-3-4-6-10/h9-10,17H,3-8,26H2,1-2H3,(H2,27,34)(H,29,30). The molecular weight excluding hydrogens is 483 g/mol. The van der Waals surface area contributed by atoms with Crippen LogP contribution in [-0.4, -0.2) is 49.7 Å². The van der Waals surface area contributed by atoms with Crippen molar-refractivity contribution in [2.24, 2.45) is 16.9 Å². The van der Waals surface area contributed by atoms with Crippen LogP contribution in [0.5, 0.6) is 0 Å². The van der Waals surface area contributed by atoms with E-state index in [4.69, 9.17) is 16.2 Å². The van der Waals surface area contributed by atoms with Gasteiger partial charge in [0.05, 0.1) is 17.5 Å². The minimum absolute atomic E-state index is 0.0144. The lowest BCUT2D eigenvalue weighted by Crippen LogP contribution is -2.42. The highest BCUT2D eigenvalue weighted by Gasteiger charge is 2.45. The zero-order valence-electron chi connectivity index (χ0n) is 19.7. The van der Waals surface area contributed by atoms with Crippen LogP contribution in [0.3, 0.4) is 0 Å². The third kappa shape index (κ3) is 5.03. The number of anilines is 1. The summed E-state index contributed by atoms with van der Waals surface area (Å²) in [6.45, 7) is 3.50. The van der Waals surface area contributed by atoms with Gasteiger partial charge in [-0.25, -0.2) is 19.4 Å². The smallest absolute Gasteiger partial charge is 0.435 e. The Morgan fingerprint density at radius 3 is 2.53 bits per heavy atom. The van der Waals surface area contributed by atoms with Crippen LogP contribution in [0.15, 0.2) is 6.20 Å². The van der Waals surface area contributed by atoms with E-state index in [1.807, 2.05) is 0 Å². The zero-order chi connectivity index (χ0) is 26.4. The van der Waals surface area contributed by atoms with Gasteiger partial charge < -0.3 is 21.5 Å². The van der Waals surface area contributed by atoms with E-state index >= 15 is 0 Å². The first-order chi connectivity index (χ1) is 16.8. The molecule has 11 nitrogen and oxygen atoms in total. The monoisotopic (exact) mass is 509 g/mol. The number of primary amides is 1. The van der Waals surface area contributed by atoms with Gasteiger partial charge in [0, 0.05) is 6.42 Å². The number of rotatable bonds is 6. The molecule has 0 radical (unpaired) electrons. The van der Waals surface area contributed by atoms with Gasteiger partial charge in [0.25, 0.3) is 5.91 Å². The number of carbonyl (C=O) groups excluding carboxylic acids is 3. The third-order valence-corrected chi connectivity index (χ3v) is 6.15. The molecule has 2 aliphatic rings. The maximum atomic E-state index is 13.7. The van der Waals surface area contributed by atoms with E-state index in [0.717, 1.165) is 23.7 Å². The quantitative estimate of drug-likeness (QED) is 0.390. The first-order valence-electron chi connectivity index (χ1n) is 11.4. The first-order valence-corrected chi connectivity index (χ1v) is 11.4. The van der Waals surface area contributed by atoms with E-state index in [1.165, 1.54) is 0 Å². The molecule has 0 saturated heterocycles. The van der Waals surface area contributed by atoms with Gasteiger partial charge >= 0.3 is 12.1 Å².